The SMILES string of the molecule is C#Cc1ccc(N=S(=O)(O)F)cc1. The molecule has 0 aliphatic carbocycles. The molecule has 5 heteroatoms. The maximum Gasteiger partial charge on any atom is 0.331 e. The van der Waals surface area contributed by atoms with Crippen LogP contribution in [0.15, 0.2) is 28.6 Å². The summed E-state index contributed by atoms with van der Waals surface area (Å²) in [6.07, 6.45) is 5.07. The average molecular weight is 199 g/mol. The van der Waals surface area contributed by atoms with Gasteiger partial charge in [0.05, 0.1) is 5.69 Å². The molecule has 1 aromatic rings. The lowest BCUT2D eigenvalue weighted by molar-refractivity contribution is 0.503. The lowest BCUT2D eigenvalue weighted by Gasteiger charge is -1.93. The van der Waals surface area contributed by atoms with E-state index in [2.05, 4.69) is 10.3 Å². The number of halogens is 1. The van der Waals surface area contributed by atoms with E-state index >= 15 is 0 Å². The van der Waals surface area contributed by atoms with E-state index in [-0.39, 0.29) is 5.69 Å². The van der Waals surface area contributed by atoms with Crippen molar-refractivity contribution in [1.29, 1.82) is 0 Å². The zero-order valence-electron chi connectivity index (χ0n) is 6.48. The highest BCUT2D eigenvalue weighted by molar-refractivity contribution is 7.83. The van der Waals surface area contributed by atoms with E-state index in [4.69, 9.17) is 11.0 Å². The van der Waals surface area contributed by atoms with Crippen LogP contribution in [-0.4, -0.2) is 8.76 Å². The van der Waals surface area contributed by atoms with Crippen LogP contribution in [0.1, 0.15) is 5.56 Å². The third kappa shape index (κ3) is 3.23. The summed E-state index contributed by atoms with van der Waals surface area (Å²) in [6, 6.07) is 5.74. The first kappa shape index (κ1) is 9.71. The first-order valence-corrected chi connectivity index (χ1v) is 4.64. The summed E-state index contributed by atoms with van der Waals surface area (Å²) in [4.78, 5) is 0. The second-order valence-electron chi connectivity index (χ2n) is 2.21. The molecule has 0 aliphatic rings. The Labute approximate surface area is 75.9 Å². The summed E-state index contributed by atoms with van der Waals surface area (Å²) in [5.74, 6) is 2.35. The van der Waals surface area contributed by atoms with Crippen molar-refractivity contribution in [3.05, 3.63) is 29.8 Å². The average Bonchev–Trinajstić information content (AvgIpc) is 2.03. The Bertz CT molecular complexity index is 444. The Kier molecular flexibility index (Phi) is 2.66. The van der Waals surface area contributed by atoms with Crippen molar-refractivity contribution in [1.82, 2.24) is 0 Å². The molecule has 0 aromatic heterocycles. The molecule has 0 heterocycles. The van der Waals surface area contributed by atoms with Crippen LogP contribution < -0.4 is 0 Å². The topological polar surface area (TPSA) is 49.7 Å². The Morgan fingerprint density at radius 2 is 2.00 bits per heavy atom. The normalized spacial score (nSPS) is 14.2. The predicted molar refractivity (Wildman–Crippen MR) is 48.3 cm³/mol. The smallest absolute Gasteiger partial charge is 0.276 e. The second-order valence-corrected chi connectivity index (χ2v) is 3.26. The summed E-state index contributed by atoms with van der Waals surface area (Å²) >= 11 is 0. The Morgan fingerprint density at radius 1 is 1.46 bits per heavy atom. The molecular weight excluding hydrogens is 193 g/mol. The standard InChI is InChI=1S/C8H6FNO2S/c1-2-7-3-5-8(6-4-7)10-13(9,11)12/h1,3-6H,(H,10,11,12). The minimum absolute atomic E-state index is 0.0778. The number of hydrogen-bond donors (Lipinski definition) is 1. The van der Waals surface area contributed by atoms with E-state index in [9.17, 15) is 8.09 Å². The maximum atomic E-state index is 12.1. The van der Waals surface area contributed by atoms with Crippen molar-refractivity contribution in [2.45, 2.75) is 0 Å². The van der Waals surface area contributed by atoms with Gasteiger partial charge in [0.2, 0.25) is 0 Å². The third-order valence-electron chi connectivity index (χ3n) is 1.25. The largest absolute Gasteiger partial charge is 0.331 e. The minimum Gasteiger partial charge on any atom is -0.276 e. The van der Waals surface area contributed by atoms with E-state index in [1.165, 1.54) is 24.3 Å². The minimum atomic E-state index is -4.57. The van der Waals surface area contributed by atoms with Gasteiger partial charge in [-0.1, -0.05) is 9.81 Å². The van der Waals surface area contributed by atoms with E-state index in [1.54, 1.807) is 0 Å². The highest BCUT2D eigenvalue weighted by Crippen LogP contribution is 2.14. The zero-order valence-corrected chi connectivity index (χ0v) is 7.29. The summed E-state index contributed by atoms with van der Waals surface area (Å²) in [7, 11) is -4.57. The van der Waals surface area contributed by atoms with E-state index in [1.807, 2.05) is 0 Å². The van der Waals surface area contributed by atoms with Gasteiger partial charge in [0.1, 0.15) is 0 Å². The van der Waals surface area contributed by atoms with Crippen LogP contribution in [0.2, 0.25) is 0 Å². The summed E-state index contributed by atoms with van der Waals surface area (Å²) in [6.45, 7) is 0. The molecule has 0 saturated carbocycles. The molecule has 1 aromatic carbocycles. The number of nitrogens with zero attached hydrogens (tertiary/aromatic N) is 1. The fraction of sp³-hybridized carbons (Fsp3) is 0. The van der Waals surface area contributed by atoms with Crippen molar-refractivity contribution < 1.29 is 12.6 Å². The second kappa shape index (κ2) is 3.56. The van der Waals surface area contributed by atoms with Crippen LogP contribution in [0.4, 0.5) is 9.57 Å². The van der Waals surface area contributed by atoms with Gasteiger partial charge in [-0.3, -0.25) is 4.55 Å². The van der Waals surface area contributed by atoms with E-state index in [0.29, 0.717) is 5.56 Å². The quantitative estimate of drug-likeness (QED) is 0.556. The molecule has 0 aliphatic heterocycles. The number of terminal acetylenes is 1. The highest BCUT2D eigenvalue weighted by atomic mass is 32.3. The van der Waals surface area contributed by atoms with Crippen molar-refractivity contribution in [2.24, 2.45) is 4.36 Å². The lowest BCUT2D eigenvalue weighted by Crippen LogP contribution is -1.83. The molecule has 0 spiro atoms. The van der Waals surface area contributed by atoms with Gasteiger partial charge in [-0.05, 0) is 24.3 Å². The molecule has 1 rings (SSSR count). The summed E-state index contributed by atoms with van der Waals surface area (Å²) < 4.78 is 33.5. The van der Waals surface area contributed by atoms with Gasteiger partial charge >= 0.3 is 10.4 Å². The molecule has 0 fully saturated rings. The van der Waals surface area contributed by atoms with E-state index < -0.39 is 10.4 Å². The first-order chi connectivity index (χ1) is 6.01. The van der Waals surface area contributed by atoms with Gasteiger partial charge in [-0.15, -0.1) is 10.8 Å². The summed E-state index contributed by atoms with van der Waals surface area (Å²) in [5.41, 5.74) is 0.677. The van der Waals surface area contributed by atoms with Gasteiger partial charge in [0, 0.05) is 5.56 Å². The van der Waals surface area contributed by atoms with Gasteiger partial charge in [-0.2, -0.15) is 4.21 Å². The third-order valence-corrected chi connectivity index (χ3v) is 1.69. The molecule has 0 radical (unpaired) electrons. The molecule has 3 nitrogen and oxygen atoms in total. The van der Waals surface area contributed by atoms with Crippen LogP contribution in [0, 0.1) is 12.3 Å². The van der Waals surface area contributed by atoms with Crippen LogP contribution in [0.3, 0.4) is 0 Å². The van der Waals surface area contributed by atoms with Gasteiger partial charge in [0.15, 0.2) is 0 Å². The molecule has 68 valence electrons. The van der Waals surface area contributed by atoms with Crippen molar-refractivity contribution >= 4 is 16.1 Å². The first-order valence-electron chi connectivity index (χ1n) is 3.27. The Morgan fingerprint density at radius 3 is 2.38 bits per heavy atom. The van der Waals surface area contributed by atoms with Crippen LogP contribution in [-0.2, 0) is 10.4 Å². The molecule has 1 atom stereocenters. The number of hydrogen-bond acceptors (Lipinski definition) is 2. The van der Waals surface area contributed by atoms with Gasteiger partial charge in [-0.25, -0.2) is 0 Å². The Balaban J connectivity index is 3.10. The molecule has 1 N–H and O–H groups in total. The van der Waals surface area contributed by atoms with E-state index in [0.717, 1.165) is 0 Å². The zero-order chi connectivity index (χ0) is 9.90. The van der Waals surface area contributed by atoms with Crippen LogP contribution in [0.25, 0.3) is 0 Å². The molecule has 0 saturated heterocycles. The van der Waals surface area contributed by atoms with Crippen molar-refractivity contribution in [3.8, 4) is 12.3 Å². The monoisotopic (exact) mass is 199 g/mol. The van der Waals surface area contributed by atoms with Crippen LogP contribution in [0.5, 0.6) is 0 Å². The molecule has 0 bridgehead atoms. The number of rotatable bonds is 1. The van der Waals surface area contributed by atoms with Crippen LogP contribution >= 0.6 is 0 Å². The molecule has 13 heavy (non-hydrogen) atoms. The predicted octanol–water partition coefficient (Wildman–Crippen LogP) is 2.12. The van der Waals surface area contributed by atoms with Gasteiger partial charge in [0.25, 0.3) is 0 Å². The molecule has 0 amide bonds. The number of benzene rings is 1. The molecule has 1 unspecified atom stereocenters. The fourth-order valence-corrected chi connectivity index (χ4v) is 1.13. The Hall–Kier alpha value is -1.38. The molecular formula is C8H6FNO2S. The van der Waals surface area contributed by atoms with Crippen molar-refractivity contribution in [3.63, 3.8) is 0 Å². The highest BCUT2D eigenvalue weighted by Gasteiger charge is 1.98. The maximum absolute atomic E-state index is 12.1. The summed E-state index contributed by atoms with van der Waals surface area (Å²) in [5, 5.41) is 0. The van der Waals surface area contributed by atoms with Gasteiger partial charge < -0.3 is 0 Å². The fourth-order valence-electron chi connectivity index (χ4n) is 0.749. The van der Waals surface area contributed by atoms with Crippen molar-refractivity contribution in [2.75, 3.05) is 0 Å². The lowest BCUT2D eigenvalue weighted by atomic mass is 10.2.